The summed E-state index contributed by atoms with van der Waals surface area (Å²) < 4.78 is 18.8. The third-order valence-electron chi connectivity index (χ3n) is 4.31. The van der Waals surface area contributed by atoms with Gasteiger partial charge in [0.05, 0.1) is 19.3 Å². The van der Waals surface area contributed by atoms with Crippen LogP contribution in [0.1, 0.15) is 38.2 Å². The number of ether oxygens (including phenoxy) is 1. The van der Waals surface area contributed by atoms with Crippen LogP contribution in [0.4, 0.5) is 4.39 Å². The van der Waals surface area contributed by atoms with E-state index in [1.807, 2.05) is 0 Å². The van der Waals surface area contributed by atoms with Crippen LogP contribution in [0.3, 0.4) is 0 Å². The van der Waals surface area contributed by atoms with Gasteiger partial charge in [-0.15, -0.1) is 0 Å². The lowest BCUT2D eigenvalue weighted by Crippen LogP contribution is -2.39. The molecular weight excluding hydrogens is 269 g/mol. The topological polar surface area (TPSA) is 41.5 Å². The van der Waals surface area contributed by atoms with Gasteiger partial charge in [-0.05, 0) is 31.7 Å². The average molecular weight is 295 g/mol. The highest BCUT2D eigenvalue weighted by atomic mass is 19.1. The van der Waals surface area contributed by atoms with Gasteiger partial charge in [0.2, 0.25) is 0 Å². The van der Waals surface area contributed by atoms with Crippen molar-refractivity contribution >= 4 is 0 Å². The van der Waals surface area contributed by atoms with E-state index in [1.54, 1.807) is 18.2 Å². The number of nitrogens with one attached hydrogen (secondary N) is 1. The van der Waals surface area contributed by atoms with Crippen molar-refractivity contribution in [2.75, 3.05) is 13.2 Å². The monoisotopic (exact) mass is 295 g/mol. The Balaban J connectivity index is 1.61. The van der Waals surface area contributed by atoms with Crippen molar-refractivity contribution in [1.82, 2.24) is 5.32 Å². The first-order valence-electron chi connectivity index (χ1n) is 7.89. The summed E-state index contributed by atoms with van der Waals surface area (Å²) in [7, 11) is 0. The van der Waals surface area contributed by atoms with Crippen molar-refractivity contribution in [3.8, 4) is 0 Å². The molecule has 4 heteroatoms. The van der Waals surface area contributed by atoms with Gasteiger partial charge in [-0.2, -0.15) is 0 Å². The van der Waals surface area contributed by atoms with E-state index in [-0.39, 0.29) is 19.0 Å². The Morgan fingerprint density at radius 1 is 1.33 bits per heavy atom. The van der Waals surface area contributed by atoms with Gasteiger partial charge in [-0.1, -0.05) is 31.0 Å². The molecule has 1 aromatic rings. The molecule has 118 valence electrons. The summed E-state index contributed by atoms with van der Waals surface area (Å²) in [5.41, 5.74) is 0.525. The molecule has 0 aromatic heterocycles. The number of benzene rings is 1. The number of rotatable bonds is 8. The molecule has 0 aliphatic heterocycles. The van der Waals surface area contributed by atoms with Crippen LogP contribution in [-0.2, 0) is 11.3 Å². The Bertz CT molecular complexity index is 421. The quantitative estimate of drug-likeness (QED) is 0.775. The molecule has 0 saturated heterocycles. The Kier molecular flexibility index (Phi) is 6.61. The molecule has 3 nitrogen and oxygen atoms in total. The lowest BCUT2D eigenvalue weighted by atomic mass is 10.00. The van der Waals surface area contributed by atoms with Gasteiger partial charge in [0.25, 0.3) is 0 Å². The van der Waals surface area contributed by atoms with Crippen LogP contribution in [-0.4, -0.2) is 30.4 Å². The summed E-state index contributed by atoms with van der Waals surface area (Å²) in [6.45, 7) is 3.12. The van der Waals surface area contributed by atoms with E-state index >= 15 is 0 Å². The fraction of sp³-hybridized carbons (Fsp3) is 0.647. The van der Waals surface area contributed by atoms with Crippen molar-refractivity contribution < 1.29 is 14.2 Å². The zero-order valence-corrected chi connectivity index (χ0v) is 12.7. The van der Waals surface area contributed by atoms with Crippen LogP contribution in [0.15, 0.2) is 24.3 Å². The molecule has 2 N–H and O–H groups in total. The Morgan fingerprint density at radius 2 is 2.05 bits per heavy atom. The zero-order chi connectivity index (χ0) is 15.1. The Morgan fingerprint density at radius 3 is 2.76 bits per heavy atom. The van der Waals surface area contributed by atoms with E-state index in [9.17, 15) is 9.50 Å². The van der Waals surface area contributed by atoms with Crippen LogP contribution in [0.5, 0.6) is 0 Å². The van der Waals surface area contributed by atoms with Gasteiger partial charge in [0.15, 0.2) is 0 Å². The standard InChI is InChI=1S/C17H26FNO2/c1-13(14-6-2-3-7-14)19-10-16(20)12-21-11-15-8-4-5-9-17(15)18/h4-5,8-9,13-14,16,19-20H,2-3,6-7,10-12H2,1H3. The fourth-order valence-corrected chi connectivity index (χ4v) is 2.93. The molecule has 21 heavy (non-hydrogen) atoms. The van der Waals surface area contributed by atoms with Crippen molar-refractivity contribution in [3.05, 3.63) is 35.6 Å². The maximum Gasteiger partial charge on any atom is 0.128 e. The summed E-state index contributed by atoms with van der Waals surface area (Å²) >= 11 is 0. The second-order valence-electron chi connectivity index (χ2n) is 6.00. The molecule has 1 fully saturated rings. The van der Waals surface area contributed by atoms with E-state index in [0.29, 0.717) is 18.2 Å². The first kappa shape index (κ1) is 16.4. The molecule has 0 amide bonds. The molecule has 1 saturated carbocycles. The van der Waals surface area contributed by atoms with Crippen LogP contribution in [0.2, 0.25) is 0 Å². The maximum atomic E-state index is 13.4. The Labute approximate surface area is 126 Å². The normalized spacial score (nSPS) is 18.8. The van der Waals surface area contributed by atoms with E-state index in [0.717, 1.165) is 5.92 Å². The molecule has 0 bridgehead atoms. The summed E-state index contributed by atoms with van der Waals surface area (Å²) in [4.78, 5) is 0. The van der Waals surface area contributed by atoms with Crippen LogP contribution in [0, 0.1) is 11.7 Å². The second-order valence-corrected chi connectivity index (χ2v) is 6.00. The average Bonchev–Trinajstić information content (AvgIpc) is 3.01. The zero-order valence-electron chi connectivity index (χ0n) is 12.7. The van der Waals surface area contributed by atoms with Gasteiger partial charge in [-0.25, -0.2) is 4.39 Å². The first-order chi connectivity index (χ1) is 10.2. The third-order valence-corrected chi connectivity index (χ3v) is 4.31. The number of hydrogen-bond donors (Lipinski definition) is 2. The highest BCUT2D eigenvalue weighted by Crippen LogP contribution is 2.27. The molecule has 0 heterocycles. The van der Waals surface area contributed by atoms with E-state index < -0.39 is 6.10 Å². The lowest BCUT2D eigenvalue weighted by Gasteiger charge is -2.22. The molecule has 1 aliphatic rings. The number of halogens is 1. The highest BCUT2D eigenvalue weighted by molar-refractivity contribution is 5.16. The largest absolute Gasteiger partial charge is 0.389 e. The van der Waals surface area contributed by atoms with Crippen molar-refractivity contribution in [2.45, 2.75) is 51.4 Å². The molecular formula is C17H26FNO2. The highest BCUT2D eigenvalue weighted by Gasteiger charge is 2.21. The number of aliphatic hydroxyl groups is 1. The molecule has 0 spiro atoms. The van der Waals surface area contributed by atoms with Gasteiger partial charge >= 0.3 is 0 Å². The summed E-state index contributed by atoms with van der Waals surface area (Å²) in [5.74, 6) is 0.469. The molecule has 1 aliphatic carbocycles. The lowest BCUT2D eigenvalue weighted by molar-refractivity contribution is 0.0260. The van der Waals surface area contributed by atoms with Crippen molar-refractivity contribution in [1.29, 1.82) is 0 Å². The van der Waals surface area contributed by atoms with Gasteiger partial charge in [-0.3, -0.25) is 0 Å². The summed E-state index contributed by atoms with van der Waals surface area (Å²) in [5, 5.41) is 13.3. The minimum absolute atomic E-state index is 0.196. The van der Waals surface area contributed by atoms with E-state index in [4.69, 9.17) is 4.74 Å². The first-order valence-corrected chi connectivity index (χ1v) is 7.89. The minimum atomic E-state index is -0.555. The summed E-state index contributed by atoms with van der Waals surface area (Å²) in [6, 6.07) is 6.99. The van der Waals surface area contributed by atoms with E-state index in [2.05, 4.69) is 12.2 Å². The SMILES string of the molecule is CC(NCC(O)COCc1ccccc1F)C1CCCC1. The second kappa shape index (κ2) is 8.47. The van der Waals surface area contributed by atoms with Gasteiger partial charge in [0, 0.05) is 18.2 Å². The molecule has 1 aromatic carbocycles. The third kappa shape index (κ3) is 5.38. The molecule has 2 atom stereocenters. The summed E-state index contributed by atoms with van der Waals surface area (Å²) in [6.07, 6.45) is 4.67. The van der Waals surface area contributed by atoms with Crippen LogP contribution < -0.4 is 5.32 Å². The maximum absolute atomic E-state index is 13.4. The fourth-order valence-electron chi connectivity index (χ4n) is 2.93. The van der Waals surface area contributed by atoms with Crippen LogP contribution in [0.25, 0.3) is 0 Å². The van der Waals surface area contributed by atoms with Gasteiger partial charge in [0.1, 0.15) is 5.82 Å². The molecule has 2 rings (SSSR count). The predicted octanol–water partition coefficient (Wildman–Crippen LogP) is 2.87. The van der Waals surface area contributed by atoms with Gasteiger partial charge < -0.3 is 15.2 Å². The smallest absolute Gasteiger partial charge is 0.128 e. The van der Waals surface area contributed by atoms with E-state index in [1.165, 1.54) is 31.7 Å². The number of hydrogen-bond acceptors (Lipinski definition) is 3. The minimum Gasteiger partial charge on any atom is -0.389 e. The number of aliphatic hydroxyl groups excluding tert-OH is 1. The molecule has 0 radical (unpaired) electrons. The predicted molar refractivity (Wildman–Crippen MR) is 81.5 cm³/mol. The van der Waals surface area contributed by atoms with Crippen molar-refractivity contribution in [2.24, 2.45) is 5.92 Å². The van der Waals surface area contributed by atoms with Crippen molar-refractivity contribution in [3.63, 3.8) is 0 Å². The molecule has 2 unspecified atom stereocenters. The Hall–Kier alpha value is -0.970. The van der Waals surface area contributed by atoms with Crippen LogP contribution >= 0.6 is 0 Å².